The fourth-order valence-electron chi connectivity index (χ4n) is 3.45. The zero-order valence-electron chi connectivity index (χ0n) is 21.4. The highest BCUT2D eigenvalue weighted by molar-refractivity contribution is 5.98. The number of carbonyl (C=O) groups is 2. The predicted octanol–water partition coefficient (Wildman–Crippen LogP) is 4.83. The summed E-state index contributed by atoms with van der Waals surface area (Å²) in [7, 11) is 0. The third-order valence-corrected chi connectivity index (χ3v) is 5.19. The molecule has 192 valence electrons. The number of benzene rings is 3. The van der Waals surface area contributed by atoms with Crippen molar-refractivity contribution in [1.29, 1.82) is 0 Å². The van der Waals surface area contributed by atoms with Gasteiger partial charge in [0.25, 0.3) is 11.8 Å². The molecule has 0 aliphatic heterocycles. The minimum Gasteiger partial charge on any atom is -0.493 e. The summed E-state index contributed by atoms with van der Waals surface area (Å²) >= 11 is 0. The summed E-state index contributed by atoms with van der Waals surface area (Å²) in [6, 6.07) is 18.8. The largest absolute Gasteiger partial charge is 0.493 e. The van der Waals surface area contributed by atoms with Crippen molar-refractivity contribution in [1.82, 2.24) is 10.9 Å². The number of carbonyl (C=O) groups excluding carboxylic acids is 2. The average Bonchev–Trinajstić information content (AvgIpc) is 2.95. The van der Waals surface area contributed by atoms with Gasteiger partial charge in [0.2, 0.25) is 0 Å². The molecule has 0 spiro atoms. The zero-order chi connectivity index (χ0) is 26.5. The molecule has 0 saturated carbocycles. The minimum absolute atomic E-state index is 0.387. The molecule has 8 nitrogen and oxygen atoms in total. The molecule has 0 aliphatic carbocycles. The summed E-state index contributed by atoms with van der Waals surface area (Å²) in [6.45, 7) is 8.99. The van der Waals surface area contributed by atoms with Crippen LogP contribution in [0.2, 0.25) is 0 Å². The number of hydrogen-bond acceptors (Lipinski definition) is 6. The highest BCUT2D eigenvalue weighted by Gasteiger charge is 2.15. The summed E-state index contributed by atoms with van der Waals surface area (Å²) in [6.07, 6.45) is 1.64. The molecule has 0 bridgehead atoms. The van der Waals surface area contributed by atoms with Gasteiger partial charge in [-0.1, -0.05) is 64.1 Å². The molecule has 0 saturated heterocycles. The van der Waals surface area contributed by atoms with Gasteiger partial charge in [-0.3, -0.25) is 20.4 Å². The van der Waals surface area contributed by atoms with Crippen LogP contribution in [-0.4, -0.2) is 25.0 Å². The van der Waals surface area contributed by atoms with E-state index in [1.165, 1.54) is 0 Å². The Morgan fingerprint density at radius 2 is 0.972 bits per heavy atom. The van der Waals surface area contributed by atoms with Crippen molar-refractivity contribution < 1.29 is 19.1 Å². The second-order valence-corrected chi connectivity index (χ2v) is 7.64. The number of ether oxygens (including phenoxy) is 2. The predicted molar refractivity (Wildman–Crippen MR) is 144 cm³/mol. The van der Waals surface area contributed by atoms with Crippen LogP contribution in [0.5, 0.6) is 11.5 Å². The Morgan fingerprint density at radius 1 is 0.639 bits per heavy atom. The van der Waals surface area contributed by atoms with Gasteiger partial charge in [0, 0.05) is 0 Å². The summed E-state index contributed by atoms with van der Waals surface area (Å²) in [5.74, 6) is 10.8. The molecule has 36 heavy (non-hydrogen) atoms. The topological polar surface area (TPSA) is 129 Å². The lowest BCUT2D eigenvalue weighted by molar-refractivity contribution is 0.0941. The van der Waals surface area contributed by atoms with Gasteiger partial charge in [0.15, 0.2) is 0 Å². The molecule has 0 radical (unpaired) electrons. The van der Waals surface area contributed by atoms with E-state index < -0.39 is 11.8 Å². The molecule has 0 fully saturated rings. The Kier molecular flexibility index (Phi) is 11.4. The van der Waals surface area contributed by atoms with Crippen LogP contribution in [-0.2, 0) is 0 Å². The Morgan fingerprint density at radius 3 is 1.28 bits per heavy atom. The van der Waals surface area contributed by atoms with E-state index in [0.29, 0.717) is 35.8 Å². The van der Waals surface area contributed by atoms with Gasteiger partial charge < -0.3 is 9.47 Å². The first-order chi connectivity index (χ1) is 17.5. The maximum Gasteiger partial charge on any atom is 0.268 e. The number of nitrogens with two attached hydrogens (primary N) is 2. The van der Waals surface area contributed by atoms with Crippen LogP contribution in [0.25, 0.3) is 22.3 Å². The molecule has 3 rings (SSSR count). The van der Waals surface area contributed by atoms with Crippen molar-refractivity contribution in [2.24, 2.45) is 11.7 Å². The van der Waals surface area contributed by atoms with Gasteiger partial charge in [0.1, 0.15) is 11.5 Å². The fraction of sp³-hybridized carbons (Fsp3) is 0.286. The standard InChI is InChI=1S/C26H30N4O4.C2H6/c1-3-13-33-23-15-19(9-11-21(23)25(31)29-27)17-5-7-18(8-6-17)20-10-12-22(26(32)30-28)24(16-20)34-14-4-2;1-2/h5-12,15-16H,3-4,13-14,27-28H2,1-2H3,(H,29,31)(H,30,32);1-2H3. The third-order valence-electron chi connectivity index (χ3n) is 5.19. The first-order valence-corrected chi connectivity index (χ1v) is 12.2. The molecule has 0 atom stereocenters. The maximum atomic E-state index is 12.1. The van der Waals surface area contributed by atoms with Gasteiger partial charge in [-0.05, 0) is 59.4 Å². The Labute approximate surface area is 212 Å². The second-order valence-electron chi connectivity index (χ2n) is 7.64. The van der Waals surface area contributed by atoms with Crippen LogP contribution >= 0.6 is 0 Å². The molecule has 3 aromatic carbocycles. The smallest absolute Gasteiger partial charge is 0.268 e. The van der Waals surface area contributed by atoms with Crippen molar-refractivity contribution in [3.05, 3.63) is 71.8 Å². The Bertz CT molecular complexity index is 1060. The highest BCUT2D eigenvalue weighted by atomic mass is 16.5. The average molecular weight is 493 g/mol. The molecule has 6 N–H and O–H groups in total. The van der Waals surface area contributed by atoms with Gasteiger partial charge in [-0.2, -0.15) is 0 Å². The molecule has 3 aromatic rings. The second kappa shape index (κ2) is 14.5. The lowest BCUT2D eigenvalue weighted by Crippen LogP contribution is -2.30. The van der Waals surface area contributed by atoms with Crippen molar-refractivity contribution in [3.8, 4) is 33.8 Å². The van der Waals surface area contributed by atoms with Gasteiger partial charge >= 0.3 is 0 Å². The number of amides is 2. The summed E-state index contributed by atoms with van der Waals surface area (Å²) in [4.78, 5) is 24.1. The van der Waals surface area contributed by atoms with Crippen LogP contribution in [0, 0.1) is 0 Å². The van der Waals surface area contributed by atoms with Crippen LogP contribution in [0.15, 0.2) is 60.7 Å². The van der Waals surface area contributed by atoms with Crippen LogP contribution in [0.1, 0.15) is 61.3 Å². The number of nitrogen functional groups attached to an aromatic ring is 2. The van der Waals surface area contributed by atoms with E-state index in [1.54, 1.807) is 12.1 Å². The monoisotopic (exact) mass is 492 g/mol. The molecule has 0 heterocycles. The van der Waals surface area contributed by atoms with Crippen LogP contribution in [0.3, 0.4) is 0 Å². The highest BCUT2D eigenvalue weighted by Crippen LogP contribution is 2.32. The van der Waals surface area contributed by atoms with Crippen LogP contribution < -0.4 is 32.0 Å². The van der Waals surface area contributed by atoms with Crippen molar-refractivity contribution in [2.45, 2.75) is 40.5 Å². The molecule has 2 amide bonds. The molecule has 0 unspecified atom stereocenters. The van der Waals surface area contributed by atoms with Crippen molar-refractivity contribution in [2.75, 3.05) is 13.2 Å². The minimum atomic E-state index is -0.402. The van der Waals surface area contributed by atoms with Gasteiger partial charge in [0.05, 0.1) is 24.3 Å². The molecule has 0 aliphatic rings. The zero-order valence-corrected chi connectivity index (χ0v) is 21.4. The quantitative estimate of drug-likeness (QED) is 0.182. The van der Waals surface area contributed by atoms with E-state index in [9.17, 15) is 9.59 Å². The first kappa shape index (κ1) is 28.4. The van der Waals surface area contributed by atoms with Gasteiger partial charge in [-0.25, -0.2) is 11.7 Å². The Balaban J connectivity index is 0.00000222. The molecule has 0 aromatic heterocycles. The number of hydrogen-bond donors (Lipinski definition) is 4. The summed E-state index contributed by atoms with van der Waals surface area (Å²) < 4.78 is 11.6. The molecular formula is C28H36N4O4. The van der Waals surface area contributed by atoms with Gasteiger partial charge in [-0.15, -0.1) is 0 Å². The van der Waals surface area contributed by atoms with E-state index in [0.717, 1.165) is 35.1 Å². The van der Waals surface area contributed by atoms with E-state index in [1.807, 2.05) is 76.2 Å². The SMILES string of the molecule is CC.CCCOc1cc(-c2ccc(-c3ccc(C(=O)NN)c(OCCC)c3)cc2)ccc1C(=O)NN. The van der Waals surface area contributed by atoms with E-state index in [-0.39, 0.29) is 0 Å². The van der Waals surface area contributed by atoms with Crippen molar-refractivity contribution in [3.63, 3.8) is 0 Å². The lowest BCUT2D eigenvalue weighted by atomic mass is 9.98. The van der Waals surface area contributed by atoms with Crippen molar-refractivity contribution >= 4 is 11.8 Å². The van der Waals surface area contributed by atoms with E-state index in [2.05, 4.69) is 10.9 Å². The molecular weight excluding hydrogens is 456 g/mol. The summed E-state index contributed by atoms with van der Waals surface area (Å²) in [5, 5.41) is 0. The first-order valence-electron chi connectivity index (χ1n) is 12.2. The summed E-state index contributed by atoms with van der Waals surface area (Å²) in [5.41, 5.74) is 8.83. The number of hydrazine groups is 2. The number of rotatable bonds is 10. The van der Waals surface area contributed by atoms with E-state index in [4.69, 9.17) is 21.2 Å². The fourth-order valence-corrected chi connectivity index (χ4v) is 3.45. The normalized spacial score (nSPS) is 10.1. The Hall–Kier alpha value is -3.88. The molecule has 8 heteroatoms. The van der Waals surface area contributed by atoms with E-state index >= 15 is 0 Å². The third kappa shape index (κ3) is 7.07. The maximum absolute atomic E-state index is 12.1. The lowest BCUT2D eigenvalue weighted by Gasteiger charge is -2.13. The van der Waals surface area contributed by atoms with Crippen LogP contribution in [0.4, 0.5) is 0 Å². The number of nitrogens with one attached hydrogen (secondary N) is 2.